The van der Waals surface area contributed by atoms with E-state index in [1.807, 2.05) is 31.6 Å². The number of nitrogens with zero attached hydrogens (tertiary/aromatic N) is 6. The van der Waals surface area contributed by atoms with Gasteiger partial charge in [-0.15, -0.1) is 5.10 Å². The average molecular weight is 337 g/mol. The molecule has 0 spiro atoms. The van der Waals surface area contributed by atoms with Crippen LogP contribution in [-0.2, 0) is 7.05 Å². The van der Waals surface area contributed by atoms with E-state index in [1.165, 1.54) is 0 Å². The average Bonchev–Trinajstić information content (AvgIpc) is 3.15. The van der Waals surface area contributed by atoms with Crippen LogP contribution in [0.1, 0.15) is 35.8 Å². The van der Waals surface area contributed by atoms with Gasteiger partial charge in [0.25, 0.3) is 0 Å². The molecule has 1 fully saturated rings. The second kappa shape index (κ2) is 4.96. The van der Waals surface area contributed by atoms with Crippen molar-refractivity contribution in [2.75, 3.05) is 11.4 Å². The number of imidazole rings is 1. The molecule has 1 saturated heterocycles. The zero-order valence-electron chi connectivity index (χ0n) is 12.7. The maximum atomic E-state index is 6.46. The Kier molecular flexibility index (Phi) is 3.16. The third kappa shape index (κ3) is 2.03. The summed E-state index contributed by atoms with van der Waals surface area (Å²) in [6.07, 6.45) is 4.17. The Bertz CT molecular complexity index is 816. The second-order valence-electron chi connectivity index (χ2n) is 5.76. The van der Waals surface area contributed by atoms with Gasteiger partial charge < -0.3 is 4.90 Å². The largest absolute Gasteiger partial charge is 0.339 e. The summed E-state index contributed by atoms with van der Waals surface area (Å²) in [7, 11) is 1.89. The lowest BCUT2D eigenvalue weighted by molar-refractivity contribution is 0.705. The summed E-state index contributed by atoms with van der Waals surface area (Å²) in [6.45, 7) is 5.00. The van der Waals surface area contributed by atoms with Gasteiger partial charge in [-0.05, 0) is 26.7 Å². The SMILES string of the molecule is Cc1cn2nc(N3CCC[C@@H]3c3c(C)nn(C)c3Cl)sc2n1. The lowest BCUT2D eigenvalue weighted by atomic mass is 10.1. The highest BCUT2D eigenvalue weighted by molar-refractivity contribution is 7.20. The molecular weight excluding hydrogens is 320 g/mol. The highest BCUT2D eigenvalue weighted by atomic mass is 35.5. The monoisotopic (exact) mass is 336 g/mol. The van der Waals surface area contributed by atoms with E-state index in [0.29, 0.717) is 0 Å². The van der Waals surface area contributed by atoms with Crippen molar-refractivity contribution in [3.8, 4) is 0 Å². The van der Waals surface area contributed by atoms with Crippen molar-refractivity contribution in [2.45, 2.75) is 32.7 Å². The van der Waals surface area contributed by atoms with Crippen molar-refractivity contribution in [3.63, 3.8) is 0 Å². The molecule has 1 aliphatic heterocycles. The molecule has 3 aromatic rings. The fraction of sp³-hybridized carbons (Fsp3) is 0.500. The smallest absolute Gasteiger partial charge is 0.214 e. The summed E-state index contributed by atoms with van der Waals surface area (Å²) >= 11 is 8.09. The fourth-order valence-electron chi connectivity index (χ4n) is 3.24. The predicted octanol–water partition coefficient (Wildman–Crippen LogP) is 3.14. The Hall–Kier alpha value is -1.60. The van der Waals surface area contributed by atoms with Crippen LogP contribution in [-0.4, -0.2) is 30.9 Å². The van der Waals surface area contributed by atoms with Crippen LogP contribution in [0.15, 0.2) is 6.20 Å². The Morgan fingerprint density at radius 3 is 2.82 bits per heavy atom. The number of hydrogen-bond acceptors (Lipinski definition) is 5. The molecule has 1 atom stereocenters. The quantitative estimate of drug-likeness (QED) is 0.721. The lowest BCUT2D eigenvalue weighted by Gasteiger charge is -2.23. The van der Waals surface area contributed by atoms with Crippen molar-refractivity contribution in [1.29, 1.82) is 0 Å². The highest BCUT2D eigenvalue weighted by Crippen LogP contribution is 2.41. The zero-order valence-corrected chi connectivity index (χ0v) is 14.3. The number of aryl methyl sites for hydroxylation is 3. The minimum Gasteiger partial charge on any atom is -0.339 e. The summed E-state index contributed by atoms with van der Waals surface area (Å²) < 4.78 is 3.61. The number of rotatable bonds is 2. The van der Waals surface area contributed by atoms with Crippen LogP contribution in [0.5, 0.6) is 0 Å². The van der Waals surface area contributed by atoms with Gasteiger partial charge in [0.05, 0.1) is 23.6 Å². The molecule has 4 heterocycles. The molecule has 0 N–H and O–H groups in total. The van der Waals surface area contributed by atoms with E-state index in [-0.39, 0.29) is 6.04 Å². The Labute approximate surface area is 137 Å². The summed E-state index contributed by atoms with van der Waals surface area (Å²) in [5.41, 5.74) is 3.13. The third-order valence-electron chi connectivity index (χ3n) is 4.18. The van der Waals surface area contributed by atoms with Gasteiger partial charge in [-0.2, -0.15) is 5.10 Å². The maximum Gasteiger partial charge on any atom is 0.214 e. The van der Waals surface area contributed by atoms with Gasteiger partial charge in [-0.25, -0.2) is 9.50 Å². The van der Waals surface area contributed by atoms with Gasteiger partial charge in [0.2, 0.25) is 10.1 Å². The van der Waals surface area contributed by atoms with Crippen molar-refractivity contribution >= 4 is 33.0 Å². The molecule has 116 valence electrons. The van der Waals surface area contributed by atoms with E-state index >= 15 is 0 Å². The van der Waals surface area contributed by atoms with Crippen LogP contribution in [0.2, 0.25) is 5.15 Å². The minimum atomic E-state index is 0.248. The second-order valence-corrected chi connectivity index (χ2v) is 7.05. The van der Waals surface area contributed by atoms with Crippen molar-refractivity contribution in [2.24, 2.45) is 7.05 Å². The van der Waals surface area contributed by atoms with Gasteiger partial charge in [0.1, 0.15) is 5.15 Å². The molecule has 0 aromatic carbocycles. The van der Waals surface area contributed by atoms with Crippen LogP contribution in [0.3, 0.4) is 0 Å². The number of halogens is 1. The molecule has 0 radical (unpaired) electrons. The van der Waals surface area contributed by atoms with E-state index < -0.39 is 0 Å². The molecule has 22 heavy (non-hydrogen) atoms. The van der Waals surface area contributed by atoms with Crippen LogP contribution in [0.4, 0.5) is 5.13 Å². The van der Waals surface area contributed by atoms with Gasteiger partial charge in [0, 0.05) is 19.2 Å². The van der Waals surface area contributed by atoms with Crippen LogP contribution in [0.25, 0.3) is 4.96 Å². The molecule has 6 nitrogen and oxygen atoms in total. The molecule has 3 aromatic heterocycles. The van der Waals surface area contributed by atoms with E-state index in [1.54, 1.807) is 16.0 Å². The molecule has 0 saturated carbocycles. The van der Waals surface area contributed by atoms with Crippen molar-refractivity contribution in [1.82, 2.24) is 24.4 Å². The van der Waals surface area contributed by atoms with Crippen molar-refractivity contribution in [3.05, 3.63) is 28.3 Å². The first-order valence-electron chi connectivity index (χ1n) is 7.33. The number of aromatic nitrogens is 5. The first-order chi connectivity index (χ1) is 10.5. The predicted molar refractivity (Wildman–Crippen MR) is 87.9 cm³/mol. The minimum absolute atomic E-state index is 0.248. The van der Waals surface area contributed by atoms with Crippen LogP contribution in [0, 0.1) is 13.8 Å². The van der Waals surface area contributed by atoms with E-state index in [4.69, 9.17) is 11.6 Å². The third-order valence-corrected chi connectivity index (χ3v) is 5.59. The standard InChI is InChI=1S/C14H17ClN6S/c1-8-7-21-13(16-8)22-14(18-21)20-6-4-5-10(20)11-9(2)17-19(3)12(11)15/h7,10H,4-6H2,1-3H3/t10-/m1/s1. The molecule has 1 aliphatic rings. The molecule has 4 rings (SSSR count). The highest BCUT2D eigenvalue weighted by Gasteiger charge is 2.33. The van der Waals surface area contributed by atoms with Gasteiger partial charge >= 0.3 is 0 Å². The van der Waals surface area contributed by atoms with Gasteiger partial charge in [-0.1, -0.05) is 22.9 Å². The van der Waals surface area contributed by atoms with E-state index in [2.05, 4.69) is 20.1 Å². The molecule has 0 amide bonds. The molecule has 0 unspecified atom stereocenters. The topological polar surface area (TPSA) is 51.2 Å². The Balaban J connectivity index is 1.75. The molecule has 8 heteroatoms. The first kappa shape index (κ1) is 14.0. The summed E-state index contributed by atoms with van der Waals surface area (Å²) in [4.78, 5) is 7.77. The zero-order chi connectivity index (χ0) is 15.4. The summed E-state index contributed by atoms with van der Waals surface area (Å²) in [6, 6.07) is 0.248. The van der Waals surface area contributed by atoms with E-state index in [0.717, 1.165) is 51.6 Å². The fourth-order valence-corrected chi connectivity index (χ4v) is 4.54. The van der Waals surface area contributed by atoms with E-state index in [9.17, 15) is 0 Å². The van der Waals surface area contributed by atoms with Gasteiger partial charge in [0.15, 0.2) is 0 Å². The molecule has 0 bridgehead atoms. The van der Waals surface area contributed by atoms with Crippen LogP contribution >= 0.6 is 22.9 Å². The molecular formula is C14H17ClN6S. The summed E-state index contributed by atoms with van der Waals surface area (Å²) in [5, 5.41) is 10.9. The van der Waals surface area contributed by atoms with Crippen LogP contribution < -0.4 is 4.90 Å². The number of hydrogen-bond donors (Lipinski definition) is 0. The Morgan fingerprint density at radius 2 is 2.14 bits per heavy atom. The van der Waals surface area contributed by atoms with Gasteiger partial charge in [-0.3, -0.25) is 4.68 Å². The number of fused-ring (bicyclic) bond motifs is 1. The first-order valence-corrected chi connectivity index (χ1v) is 8.52. The Morgan fingerprint density at radius 1 is 1.32 bits per heavy atom. The normalized spacial score (nSPS) is 18.7. The lowest BCUT2D eigenvalue weighted by Crippen LogP contribution is -2.23. The van der Waals surface area contributed by atoms with Crippen molar-refractivity contribution < 1.29 is 0 Å². The summed E-state index contributed by atoms with van der Waals surface area (Å²) in [5.74, 6) is 0. The molecule has 0 aliphatic carbocycles. The maximum absolute atomic E-state index is 6.46. The number of anilines is 1.